The number of rotatable bonds is 5. The summed E-state index contributed by atoms with van der Waals surface area (Å²) in [5.74, 6) is 0.154. The molecule has 0 radical (unpaired) electrons. The number of hydrogen-bond acceptors (Lipinski definition) is 3. The van der Waals surface area contributed by atoms with Crippen LogP contribution in [0, 0.1) is 13.8 Å². The van der Waals surface area contributed by atoms with Crippen molar-refractivity contribution in [3.05, 3.63) is 11.4 Å². The largest absolute Gasteiger partial charge is 0.352 e. The minimum absolute atomic E-state index is 0.0795. The van der Waals surface area contributed by atoms with Gasteiger partial charge in [-0.25, -0.2) is 4.98 Å². The van der Waals surface area contributed by atoms with Gasteiger partial charge in [0, 0.05) is 17.8 Å². The van der Waals surface area contributed by atoms with Crippen LogP contribution in [0.1, 0.15) is 69.3 Å². The Morgan fingerprint density at radius 2 is 1.91 bits per heavy atom. The number of aromatic nitrogens is 2. The molecule has 5 heteroatoms. The Hall–Kier alpha value is -0.970. The summed E-state index contributed by atoms with van der Waals surface area (Å²) in [4.78, 5) is 17.0. The van der Waals surface area contributed by atoms with E-state index in [0.29, 0.717) is 12.1 Å². The molecule has 0 aromatic carbocycles. The lowest BCUT2D eigenvalue weighted by Gasteiger charge is -2.26. The van der Waals surface area contributed by atoms with Crippen LogP contribution < -0.4 is 5.32 Å². The van der Waals surface area contributed by atoms with Crippen molar-refractivity contribution < 1.29 is 4.79 Å². The molecule has 1 heterocycles. The Morgan fingerprint density at radius 1 is 1.23 bits per heavy atom. The molecule has 1 atom stereocenters. The maximum Gasteiger partial charge on any atom is 0.233 e. The highest BCUT2D eigenvalue weighted by Gasteiger charge is 2.28. The molecule has 1 aromatic rings. The first kappa shape index (κ1) is 15.9. The van der Waals surface area contributed by atoms with Crippen molar-refractivity contribution >= 4 is 17.7 Å². The topological polar surface area (TPSA) is 46.9 Å². The molecule has 1 aromatic heterocycles. The number of nitrogens with zero attached hydrogens (tertiary/aromatic N) is 2. The van der Waals surface area contributed by atoms with Gasteiger partial charge >= 0.3 is 0 Å². The monoisotopic (exact) mass is 321 g/mol. The van der Waals surface area contributed by atoms with Gasteiger partial charge in [0.25, 0.3) is 0 Å². The Balaban J connectivity index is 1.74. The zero-order valence-corrected chi connectivity index (χ0v) is 14.7. The van der Waals surface area contributed by atoms with Gasteiger partial charge in [0.05, 0.1) is 10.9 Å². The molecule has 0 unspecified atom stereocenters. The highest BCUT2D eigenvalue weighted by molar-refractivity contribution is 8.00. The number of carbonyl (C=O) groups is 1. The second-order valence-corrected chi connectivity index (χ2v) is 8.08. The van der Waals surface area contributed by atoms with E-state index in [1.165, 1.54) is 37.8 Å². The molecule has 4 nitrogen and oxygen atoms in total. The van der Waals surface area contributed by atoms with Gasteiger partial charge in [0.15, 0.2) is 5.16 Å². The number of nitrogens with one attached hydrogen (secondary N) is 1. The van der Waals surface area contributed by atoms with Crippen molar-refractivity contribution in [2.45, 2.75) is 88.2 Å². The molecule has 0 spiro atoms. The fourth-order valence-corrected chi connectivity index (χ4v) is 4.29. The molecule has 1 amide bonds. The van der Waals surface area contributed by atoms with Crippen LogP contribution in [0.2, 0.25) is 0 Å². The van der Waals surface area contributed by atoms with Crippen molar-refractivity contribution in [3.8, 4) is 0 Å². The van der Waals surface area contributed by atoms with Crippen LogP contribution in [0.25, 0.3) is 0 Å². The van der Waals surface area contributed by atoms with Gasteiger partial charge in [0.1, 0.15) is 0 Å². The summed E-state index contributed by atoms with van der Waals surface area (Å²) in [6.07, 6.45) is 8.73. The summed E-state index contributed by atoms with van der Waals surface area (Å²) in [7, 11) is 0. The van der Waals surface area contributed by atoms with E-state index in [1.54, 1.807) is 11.8 Å². The number of carbonyl (C=O) groups excluding carboxylic acids is 1. The number of aryl methyl sites for hydroxylation is 1. The summed E-state index contributed by atoms with van der Waals surface area (Å²) in [5, 5.41) is 4.05. The number of hydrogen-bond donors (Lipinski definition) is 1. The molecule has 3 rings (SSSR count). The van der Waals surface area contributed by atoms with Crippen LogP contribution in [-0.4, -0.2) is 26.8 Å². The fourth-order valence-electron chi connectivity index (χ4n) is 3.21. The van der Waals surface area contributed by atoms with E-state index >= 15 is 0 Å². The molecule has 0 saturated heterocycles. The smallest absolute Gasteiger partial charge is 0.233 e. The summed E-state index contributed by atoms with van der Waals surface area (Å²) < 4.78 is 2.40. The summed E-state index contributed by atoms with van der Waals surface area (Å²) in [6.45, 7) is 6.23. The molecule has 2 fully saturated rings. The predicted molar refractivity (Wildman–Crippen MR) is 90.3 cm³/mol. The van der Waals surface area contributed by atoms with E-state index < -0.39 is 0 Å². The van der Waals surface area contributed by atoms with E-state index in [9.17, 15) is 4.79 Å². The van der Waals surface area contributed by atoms with Crippen LogP contribution in [0.4, 0.5) is 0 Å². The van der Waals surface area contributed by atoms with Gasteiger partial charge in [-0.2, -0.15) is 0 Å². The third-order valence-corrected chi connectivity index (χ3v) is 5.94. The number of amides is 1. The Morgan fingerprint density at radius 3 is 2.55 bits per heavy atom. The second-order valence-electron chi connectivity index (χ2n) is 6.77. The molecule has 0 bridgehead atoms. The lowest BCUT2D eigenvalue weighted by Crippen LogP contribution is -2.32. The Labute approximate surface area is 137 Å². The summed E-state index contributed by atoms with van der Waals surface area (Å²) >= 11 is 1.62. The van der Waals surface area contributed by atoms with Gasteiger partial charge in [-0.05, 0) is 46.5 Å². The predicted octanol–water partition coefficient (Wildman–Crippen LogP) is 3.76. The fraction of sp³-hybridized carbons (Fsp3) is 0.765. The van der Waals surface area contributed by atoms with E-state index in [4.69, 9.17) is 4.98 Å². The molecular formula is C17H27N3OS. The molecule has 2 saturated carbocycles. The molecule has 0 aliphatic heterocycles. The summed E-state index contributed by atoms with van der Waals surface area (Å²) in [5.41, 5.74) is 2.37. The maximum absolute atomic E-state index is 12.2. The van der Waals surface area contributed by atoms with E-state index in [-0.39, 0.29) is 11.2 Å². The molecule has 22 heavy (non-hydrogen) atoms. The van der Waals surface area contributed by atoms with E-state index in [1.807, 2.05) is 6.92 Å². The Bertz CT molecular complexity index is 544. The van der Waals surface area contributed by atoms with E-state index in [2.05, 4.69) is 23.7 Å². The van der Waals surface area contributed by atoms with Gasteiger partial charge < -0.3 is 9.88 Å². The van der Waals surface area contributed by atoms with Crippen LogP contribution in [0.3, 0.4) is 0 Å². The third-order valence-electron chi connectivity index (χ3n) is 4.87. The minimum Gasteiger partial charge on any atom is -0.352 e. The zero-order valence-electron chi connectivity index (χ0n) is 13.9. The van der Waals surface area contributed by atoms with Crippen molar-refractivity contribution in [1.29, 1.82) is 0 Å². The second kappa shape index (κ2) is 6.65. The first-order chi connectivity index (χ1) is 10.6. The summed E-state index contributed by atoms with van der Waals surface area (Å²) in [6, 6.07) is 0.994. The van der Waals surface area contributed by atoms with Gasteiger partial charge in [-0.3, -0.25) is 4.79 Å². The first-order valence-corrected chi connectivity index (χ1v) is 9.46. The molecule has 2 aliphatic rings. The number of thioether (sulfide) groups is 1. The minimum atomic E-state index is -0.0795. The highest BCUT2D eigenvalue weighted by atomic mass is 32.2. The highest BCUT2D eigenvalue weighted by Crippen LogP contribution is 2.35. The first-order valence-electron chi connectivity index (χ1n) is 8.58. The average molecular weight is 321 g/mol. The molecule has 122 valence electrons. The van der Waals surface area contributed by atoms with Crippen LogP contribution in [0.5, 0.6) is 0 Å². The van der Waals surface area contributed by atoms with Crippen LogP contribution >= 0.6 is 11.8 Å². The maximum atomic E-state index is 12.2. The van der Waals surface area contributed by atoms with Crippen LogP contribution in [-0.2, 0) is 4.79 Å². The van der Waals surface area contributed by atoms with Crippen molar-refractivity contribution in [1.82, 2.24) is 14.9 Å². The average Bonchev–Trinajstić information content (AvgIpc) is 3.27. The zero-order chi connectivity index (χ0) is 15.7. The van der Waals surface area contributed by atoms with Gasteiger partial charge in [-0.15, -0.1) is 0 Å². The third kappa shape index (κ3) is 3.50. The molecular weight excluding hydrogens is 294 g/mol. The van der Waals surface area contributed by atoms with Crippen molar-refractivity contribution in [2.24, 2.45) is 0 Å². The SMILES string of the molecule is Cc1nc(S[C@@H](C)C(=O)NC2CC2)n(C2CCCCC2)c1C. The lowest BCUT2D eigenvalue weighted by atomic mass is 9.95. The quantitative estimate of drug-likeness (QED) is 0.840. The lowest BCUT2D eigenvalue weighted by molar-refractivity contribution is -0.120. The number of imidazole rings is 1. The standard InChI is InChI=1S/C17H27N3OS/c1-11-12(2)20(15-7-5-4-6-8-15)17(18-11)22-13(3)16(21)19-14-9-10-14/h13-15H,4-10H2,1-3H3,(H,19,21)/t13-/m0/s1. The van der Waals surface area contributed by atoms with Crippen molar-refractivity contribution in [3.63, 3.8) is 0 Å². The van der Waals surface area contributed by atoms with Crippen molar-refractivity contribution in [2.75, 3.05) is 0 Å². The van der Waals surface area contributed by atoms with Gasteiger partial charge in [0.2, 0.25) is 5.91 Å². The van der Waals surface area contributed by atoms with Gasteiger partial charge in [-0.1, -0.05) is 31.0 Å². The Kier molecular flexibility index (Phi) is 4.81. The molecule has 2 aliphatic carbocycles. The molecule has 1 N–H and O–H groups in total. The van der Waals surface area contributed by atoms with Crippen LogP contribution in [0.15, 0.2) is 5.16 Å². The normalized spacial score (nSPS) is 20.9. The van der Waals surface area contributed by atoms with E-state index in [0.717, 1.165) is 23.7 Å².